The van der Waals surface area contributed by atoms with Crippen molar-refractivity contribution in [2.45, 2.75) is 25.8 Å². The summed E-state index contributed by atoms with van der Waals surface area (Å²) < 4.78 is 0. The summed E-state index contributed by atoms with van der Waals surface area (Å²) in [5.41, 5.74) is 2.75. The smallest absolute Gasteiger partial charge is 0.231 e. The minimum absolute atomic E-state index is 0.0126. The first kappa shape index (κ1) is 15.3. The van der Waals surface area contributed by atoms with Crippen molar-refractivity contribution in [2.75, 3.05) is 11.9 Å². The van der Waals surface area contributed by atoms with E-state index in [9.17, 15) is 9.59 Å². The van der Waals surface area contributed by atoms with Gasteiger partial charge in [0.1, 0.15) is 0 Å². The highest BCUT2D eigenvalue weighted by Gasteiger charge is 2.32. The maximum Gasteiger partial charge on any atom is 0.231 e. The van der Waals surface area contributed by atoms with Crippen molar-refractivity contribution in [3.63, 3.8) is 0 Å². The van der Waals surface area contributed by atoms with E-state index in [0.29, 0.717) is 13.1 Å². The lowest BCUT2D eigenvalue weighted by Crippen LogP contribution is -2.38. The predicted molar refractivity (Wildman–Crippen MR) is 90.0 cm³/mol. The zero-order chi connectivity index (χ0) is 16.2. The van der Waals surface area contributed by atoms with Crippen LogP contribution in [0.25, 0.3) is 0 Å². The van der Waals surface area contributed by atoms with E-state index in [-0.39, 0.29) is 18.2 Å². The van der Waals surface area contributed by atoms with E-state index in [1.165, 1.54) is 0 Å². The number of benzene rings is 2. The Morgan fingerprint density at radius 3 is 2.57 bits per heavy atom. The summed E-state index contributed by atoms with van der Waals surface area (Å²) in [6.07, 6.45) is 0.209. The van der Waals surface area contributed by atoms with E-state index in [0.717, 1.165) is 16.8 Å². The van der Waals surface area contributed by atoms with Crippen molar-refractivity contribution >= 4 is 17.5 Å². The van der Waals surface area contributed by atoms with E-state index >= 15 is 0 Å². The van der Waals surface area contributed by atoms with Crippen LogP contribution in [0.4, 0.5) is 5.69 Å². The molecule has 0 aromatic heterocycles. The number of anilines is 1. The Bertz CT molecular complexity index is 712. The number of likely N-dealkylation sites (N-methyl/N-ethyl adjacent to an activating group) is 1. The normalized spacial score (nSPS) is 16.4. The van der Waals surface area contributed by atoms with Crippen LogP contribution in [0.1, 0.15) is 30.4 Å². The van der Waals surface area contributed by atoms with Gasteiger partial charge in [-0.1, -0.05) is 48.5 Å². The minimum atomic E-state index is -0.399. The molecule has 0 bridgehead atoms. The van der Waals surface area contributed by atoms with Crippen LogP contribution in [0.5, 0.6) is 0 Å². The van der Waals surface area contributed by atoms with E-state index < -0.39 is 5.92 Å². The highest BCUT2D eigenvalue weighted by Crippen LogP contribution is 2.33. The quantitative estimate of drug-likeness (QED) is 0.943. The van der Waals surface area contributed by atoms with Gasteiger partial charge < -0.3 is 10.2 Å². The summed E-state index contributed by atoms with van der Waals surface area (Å²) in [5, 5.41) is 2.84. The van der Waals surface area contributed by atoms with Crippen LogP contribution in [0.2, 0.25) is 0 Å². The topological polar surface area (TPSA) is 49.4 Å². The molecule has 0 saturated heterocycles. The molecule has 1 aliphatic rings. The zero-order valence-electron chi connectivity index (χ0n) is 13.2. The van der Waals surface area contributed by atoms with E-state index in [1.807, 2.05) is 66.4 Å². The molecular formula is C19H20N2O2. The summed E-state index contributed by atoms with van der Waals surface area (Å²) in [5.74, 6) is -0.486. The van der Waals surface area contributed by atoms with Gasteiger partial charge in [0.05, 0.1) is 5.92 Å². The number of hydrogen-bond donors (Lipinski definition) is 1. The standard InChI is InChI=1S/C19H20N2O2/c1-2-21(13-14-8-4-3-5-9-14)19(23)16-12-18(22)20-17-11-7-6-10-15(16)17/h3-11,16H,2,12-13H2,1H3,(H,20,22). The average molecular weight is 308 g/mol. The molecule has 0 aliphatic carbocycles. The van der Waals surface area contributed by atoms with Gasteiger partial charge >= 0.3 is 0 Å². The van der Waals surface area contributed by atoms with Gasteiger partial charge in [-0.2, -0.15) is 0 Å². The number of para-hydroxylation sites is 1. The SMILES string of the molecule is CCN(Cc1ccccc1)C(=O)C1CC(=O)Nc2ccccc21. The number of carbonyl (C=O) groups excluding carboxylic acids is 2. The van der Waals surface area contributed by atoms with Crippen molar-refractivity contribution in [1.82, 2.24) is 4.90 Å². The fourth-order valence-electron chi connectivity index (χ4n) is 3.00. The van der Waals surface area contributed by atoms with Crippen molar-refractivity contribution in [1.29, 1.82) is 0 Å². The van der Waals surface area contributed by atoms with Gasteiger partial charge in [-0.25, -0.2) is 0 Å². The number of hydrogen-bond acceptors (Lipinski definition) is 2. The molecule has 1 heterocycles. The molecule has 0 saturated carbocycles. The average Bonchev–Trinajstić information content (AvgIpc) is 2.59. The van der Waals surface area contributed by atoms with Gasteiger partial charge in [0.15, 0.2) is 0 Å². The summed E-state index contributed by atoms with van der Waals surface area (Å²) in [4.78, 5) is 26.7. The van der Waals surface area contributed by atoms with Gasteiger partial charge in [0.25, 0.3) is 0 Å². The van der Waals surface area contributed by atoms with Gasteiger partial charge in [0, 0.05) is 25.2 Å². The molecule has 1 atom stereocenters. The maximum atomic E-state index is 13.0. The Hall–Kier alpha value is -2.62. The molecule has 1 unspecified atom stereocenters. The highest BCUT2D eigenvalue weighted by atomic mass is 16.2. The number of nitrogens with one attached hydrogen (secondary N) is 1. The van der Waals surface area contributed by atoms with Gasteiger partial charge in [-0.3, -0.25) is 9.59 Å². The number of rotatable bonds is 4. The lowest BCUT2D eigenvalue weighted by molar-refractivity contribution is -0.135. The first-order valence-corrected chi connectivity index (χ1v) is 7.90. The van der Waals surface area contributed by atoms with Gasteiger partial charge in [0.2, 0.25) is 11.8 Å². The molecule has 2 amide bonds. The second-order valence-corrected chi connectivity index (χ2v) is 5.73. The van der Waals surface area contributed by atoms with E-state index in [4.69, 9.17) is 0 Å². The second kappa shape index (κ2) is 6.65. The molecule has 0 fully saturated rings. The van der Waals surface area contributed by atoms with Crippen molar-refractivity contribution in [2.24, 2.45) is 0 Å². The van der Waals surface area contributed by atoms with Gasteiger partial charge in [-0.15, -0.1) is 0 Å². The molecule has 4 heteroatoms. The third kappa shape index (κ3) is 3.26. The lowest BCUT2D eigenvalue weighted by Gasteiger charge is -2.30. The van der Waals surface area contributed by atoms with Crippen molar-refractivity contribution in [3.8, 4) is 0 Å². The summed E-state index contributed by atoms with van der Waals surface area (Å²) >= 11 is 0. The lowest BCUT2D eigenvalue weighted by atomic mass is 9.89. The number of fused-ring (bicyclic) bond motifs is 1. The third-order valence-corrected chi connectivity index (χ3v) is 4.21. The predicted octanol–water partition coefficient (Wildman–Crippen LogP) is 3.16. The molecule has 118 valence electrons. The van der Waals surface area contributed by atoms with Crippen LogP contribution in [0, 0.1) is 0 Å². The fourth-order valence-corrected chi connectivity index (χ4v) is 3.00. The molecule has 1 N–H and O–H groups in total. The Morgan fingerprint density at radius 2 is 1.83 bits per heavy atom. The minimum Gasteiger partial charge on any atom is -0.338 e. The number of nitrogens with zero attached hydrogens (tertiary/aromatic N) is 1. The molecule has 0 radical (unpaired) electrons. The molecular weight excluding hydrogens is 288 g/mol. The molecule has 4 nitrogen and oxygen atoms in total. The Labute approximate surface area is 136 Å². The Morgan fingerprint density at radius 1 is 1.13 bits per heavy atom. The number of amides is 2. The van der Waals surface area contributed by atoms with Crippen LogP contribution in [-0.2, 0) is 16.1 Å². The monoisotopic (exact) mass is 308 g/mol. The van der Waals surface area contributed by atoms with Crippen LogP contribution in [0.15, 0.2) is 54.6 Å². The molecule has 1 aliphatic heterocycles. The van der Waals surface area contributed by atoms with Crippen LogP contribution in [0.3, 0.4) is 0 Å². The highest BCUT2D eigenvalue weighted by molar-refractivity contribution is 6.01. The molecule has 0 spiro atoms. The Balaban J connectivity index is 1.85. The summed E-state index contributed by atoms with van der Waals surface area (Å²) in [6.45, 7) is 3.15. The van der Waals surface area contributed by atoms with E-state index in [2.05, 4.69) is 5.32 Å². The first-order valence-electron chi connectivity index (χ1n) is 7.90. The van der Waals surface area contributed by atoms with Crippen LogP contribution < -0.4 is 5.32 Å². The maximum absolute atomic E-state index is 13.0. The fraction of sp³-hybridized carbons (Fsp3) is 0.263. The Kier molecular flexibility index (Phi) is 4.42. The molecule has 2 aromatic rings. The molecule has 23 heavy (non-hydrogen) atoms. The summed E-state index contributed by atoms with van der Waals surface area (Å²) in [7, 11) is 0. The second-order valence-electron chi connectivity index (χ2n) is 5.73. The largest absolute Gasteiger partial charge is 0.338 e. The first-order chi connectivity index (χ1) is 11.2. The van der Waals surface area contributed by atoms with Crippen molar-refractivity contribution < 1.29 is 9.59 Å². The van der Waals surface area contributed by atoms with E-state index in [1.54, 1.807) is 0 Å². The summed E-state index contributed by atoms with van der Waals surface area (Å²) in [6, 6.07) is 17.5. The zero-order valence-corrected chi connectivity index (χ0v) is 13.2. The van der Waals surface area contributed by atoms with Crippen LogP contribution in [-0.4, -0.2) is 23.3 Å². The van der Waals surface area contributed by atoms with Crippen molar-refractivity contribution in [3.05, 3.63) is 65.7 Å². The van der Waals surface area contributed by atoms with Gasteiger partial charge in [-0.05, 0) is 24.1 Å². The molecule has 3 rings (SSSR count). The molecule has 2 aromatic carbocycles. The number of carbonyl (C=O) groups is 2. The van der Waals surface area contributed by atoms with Crippen LogP contribution >= 0.6 is 0 Å². The third-order valence-electron chi connectivity index (χ3n) is 4.21.